The highest BCUT2D eigenvalue weighted by Gasteiger charge is 2.20. The Bertz CT molecular complexity index is 650. The van der Waals surface area contributed by atoms with Gasteiger partial charge in [-0.3, -0.25) is 0 Å². The molecule has 1 N–H and O–H groups in total. The maximum atomic E-state index is 13.2. The second-order valence-electron chi connectivity index (χ2n) is 5.64. The van der Waals surface area contributed by atoms with Crippen molar-refractivity contribution in [2.24, 2.45) is 0 Å². The van der Waals surface area contributed by atoms with E-state index in [1.807, 2.05) is 25.1 Å². The zero-order valence-corrected chi connectivity index (χ0v) is 12.4. The molecule has 21 heavy (non-hydrogen) atoms. The second kappa shape index (κ2) is 5.86. The van der Waals surface area contributed by atoms with Crippen LogP contribution in [0.15, 0.2) is 36.4 Å². The smallest absolute Gasteiger partial charge is 0.123 e. The first-order chi connectivity index (χ1) is 10.2. The van der Waals surface area contributed by atoms with Gasteiger partial charge in [0.2, 0.25) is 0 Å². The lowest BCUT2D eigenvalue weighted by Gasteiger charge is -2.13. The summed E-state index contributed by atoms with van der Waals surface area (Å²) >= 11 is 0. The summed E-state index contributed by atoms with van der Waals surface area (Å²) in [6.07, 6.45) is 2.53. The molecule has 0 heterocycles. The SMILES string of the molecule is COc1ccc(-c2ccc(F)cc2C)cc1CNC1CC1. The number of nitrogens with one attached hydrogen (secondary N) is 1. The van der Waals surface area contributed by atoms with Gasteiger partial charge in [0.05, 0.1) is 7.11 Å². The monoisotopic (exact) mass is 285 g/mol. The van der Waals surface area contributed by atoms with E-state index in [9.17, 15) is 4.39 Å². The summed E-state index contributed by atoms with van der Waals surface area (Å²) in [5, 5.41) is 3.51. The molecule has 0 bridgehead atoms. The predicted molar refractivity (Wildman–Crippen MR) is 83.0 cm³/mol. The van der Waals surface area contributed by atoms with Crippen LogP contribution < -0.4 is 10.1 Å². The number of benzene rings is 2. The molecular weight excluding hydrogens is 265 g/mol. The number of rotatable bonds is 5. The quantitative estimate of drug-likeness (QED) is 0.894. The Hall–Kier alpha value is -1.87. The van der Waals surface area contributed by atoms with Gasteiger partial charge in [0.15, 0.2) is 0 Å². The van der Waals surface area contributed by atoms with Crippen molar-refractivity contribution in [1.29, 1.82) is 0 Å². The van der Waals surface area contributed by atoms with Gasteiger partial charge in [-0.2, -0.15) is 0 Å². The van der Waals surface area contributed by atoms with Crippen LogP contribution >= 0.6 is 0 Å². The van der Waals surface area contributed by atoms with E-state index in [4.69, 9.17) is 4.74 Å². The van der Waals surface area contributed by atoms with Crippen LogP contribution in [0.5, 0.6) is 5.75 Å². The Morgan fingerprint density at radius 3 is 2.67 bits per heavy atom. The lowest BCUT2D eigenvalue weighted by molar-refractivity contribution is 0.407. The molecule has 110 valence electrons. The average Bonchev–Trinajstić information content (AvgIpc) is 3.29. The fourth-order valence-electron chi connectivity index (χ4n) is 2.58. The first-order valence-electron chi connectivity index (χ1n) is 7.34. The fourth-order valence-corrected chi connectivity index (χ4v) is 2.58. The fraction of sp³-hybridized carbons (Fsp3) is 0.333. The molecule has 0 radical (unpaired) electrons. The van der Waals surface area contributed by atoms with E-state index < -0.39 is 0 Å². The Labute approximate surface area is 125 Å². The Kier molecular flexibility index (Phi) is 3.93. The molecule has 0 saturated heterocycles. The average molecular weight is 285 g/mol. The lowest BCUT2D eigenvalue weighted by atomic mass is 9.98. The number of methoxy groups -OCH3 is 1. The van der Waals surface area contributed by atoms with Crippen molar-refractivity contribution < 1.29 is 9.13 Å². The molecule has 0 aromatic heterocycles. The van der Waals surface area contributed by atoms with Crippen LogP contribution in [0.25, 0.3) is 11.1 Å². The molecule has 0 unspecified atom stereocenters. The number of hydrogen-bond acceptors (Lipinski definition) is 2. The molecule has 2 aromatic carbocycles. The van der Waals surface area contributed by atoms with Crippen LogP contribution in [0.1, 0.15) is 24.0 Å². The van der Waals surface area contributed by atoms with Gasteiger partial charge in [-0.25, -0.2) is 4.39 Å². The minimum absolute atomic E-state index is 0.194. The molecule has 0 aliphatic heterocycles. The standard InChI is InChI=1S/C18H20FNO/c1-12-9-15(19)4-7-17(12)13-3-8-18(21-2)14(10-13)11-20-16-5-6-16/h3-4,7-10,16,20H,5-6,11H2,1-2H3. The third kappa shape index (κ3) is 3.24. The van der Waals surface area contributed by atoms with Crippen LogP contribution in [0.4, 0.5) is 4.39 Å². The molecule has 0 spiro atoms. The van der Waals surface area contributed by atoms with Gasteiger partial charge in [0, 0.05) is 18.2 Å². The van der Waals surface area contributed by atoms with E-state index in [-0.39, 0.29) is 5.82 Å². The van der Waals surface area contributed by atoms with Crippen LogP contribution in [0, 0.1) is 12.7 Å². The van der Waals surface area contributed by atoms with Crippen molar-refractivity contribution in [2.45, 2.75) is 32.4 Å². The van der Waals surface area contributed by atoms with Crippen LogP contribution in [-0.4, -0.2) is 13.2 Å². The van der Waals surface area contributed by atoms with Crippen molar-refractivity contribution in [3.63, 3.8) is 0 Å². The van der Waals surface area contributed by atoms with Crippen molar-refractivity contribution in [1.82, 2.24) is 5.32 Å². The molecule has 2 aromatic rings. The maximum Gasteiger partial charge on any atom is 0.123 e. The van der Waals surface area contributed by atoms with Crippen LogP contribution in [-0.2, 0) is 6.54 Å². The molecule has 3 rings (SSSR count). The number of aryl methyl sites for hydroxylation is 1. The van der Waals surface area contributed by atoms with E-state index in [1.165, 1.54) is 18.9 Å². The molecular formula is C18H20FNO. The molecule has 1 aliphatic carbocycles. The molecule has 0 atom stereocenters. The summed E-state index contributed by atoms with van der Waals surface area (Å²) in [6, 6.07) is 11.7. The Morgan fingerprint density at radius 2 is 2.00 bits per heavy atom. The van der Waals surface area contributed by atoms with Crippen LogP contribution in [0.3, 0.4) is 0 Å². The third-order valence-electron chi connectivity index (χ3n) is 3.94. The molecule has 1 saturated carbocycles. The molecule has 0 amide bonds. The van der Waals surface area contributed by atoms with Gasteiger partial charge in [-0.1, -0.05) is 12.1 Å². The Morgan fingerprint density at radius 1 is 1.19 bits per heavy atom. The van der Waals surface area contributed by atoms with E-state index in [1.54, 1.807) is 13.2 Å². The van der Waals surface area contributed by atoms with E-state index in [0.717, 1.165) is 34.5 Å². The van der Waals surface area contributed by atoms with Gasteiger partial charge >= 0.3 is 0 Å². The highest BCUT2D eigenvalue weighted by atomic mass is 19.1. The normalized spacial score (nSPS) is 14.2. The number of hydrogen-bond donors (Lipinski definition) is 1. The second-order valence-corrected chi connectivity index (χ2v) is 5.64. The van der Waals surface area contributed by atoms with Gasteiger partial charge < -0.3 is 10.1 Å². The zero-order valence-electron chi connectivity index (χ0n) is 12.4. The van der Waals surface area contributed by atoms with E-state index in [2.05, 4.69) is 11.4 Å². The van der Waals surface area contributed by atoms with Crippen molar-refractivity contribution in [3.8, 4) is 16.9 Å². The van der Waals surface area contributed by atoms with E-state index in [0.29, 0.717) is 6.04 Å². The van der Waals surface area contributed by atoms with Crippen LogP contribution in [0.2, 0.25) is 0 Å². The predicted octanol–water partition coefficient (Wildman–Crippen LogP) is 4.06. The topological polar surface area (TPSA) is 21.3 Å². The molecule has 1 fully saturated rings. The molecule has 1 aliphatic rings. The van der Waals surface area contributed by atoms with Crippen molar-refractivity contribution in [3.05, 3.63) is 53.3 Å². The summed E-state index contributed by atoms with van der Waals surface area (Å²) in [6.45, 7) is 2.74. The van der Waals surface area contributed by atoms with Gasteiger partial charge in [-0.15, -0.1) is 0 Å². The van der Waals surface area contributed by atoms with Crippen molar-refractivity contribution in [2.75, 3.05) is 7.11 Å². The summed E-state index contributed by atoms with van der Waals surface area (Å²) in [4.78, 5) is 0. The highest BCUT2D eigenvalue weighted by Crippen LogP contribution is 2.30. The maximum absolute atomic E-state index is 13.2. The first kappa shape index (κ1) is 14.1. The summed E-state index contributed by atoms with van der Waals surface area (Å²) < 4.78 is 18.7. The number of halogens is 1. The molecule has 2 nitrogen and oxygen atoms in total. The Balaban J connectivity index is 1.92. The van der Waals surface area contributed by atoms with Gasteiger partial charge in [0.1, 0.15) is 11.6 Å². The van der Waals surface area contributed by atoms with Crippen molar-refractivity contribution >= 4 is 0 Å². The summed E-state index contributed by atoms with van der Waals surface area (Å²) in [5.74, 6) is 0.701. The molecule has 3 heteroatoms. The first-order valence-corrected chi connectivity index (χ1v) is 7.34. The number of ether oxygens (including phenoxy) is 1. The minimum atomic E-state index is -0.194. The summed E-state index contributed by atoms with van der Waals surface area (Å²) in [5.41, 5.74) is 4.25. The summed E-state index contributed by atoms with van der Waals surface area (Å²) in [7, 11) is 1.69. The lowest BCUT2D eigenvalue weighted by Crippen LogP contribution is -2.15. The van der Waals surface area contributed by atoms with Gasteiger partial charge in [-0.05, 0) is 60.7 Å². The minimum Gasteiger partial charge on any atom is -0.496 e. The highest BCUT2D eigenvalue weighted by molar-refractivity contribution is 5.69. The third-order valence-corrected chi connectivity index (χ3v) is 3.94. The largest absolute Gasteiger partial charge is 0.496 e. The van der Waals surface area contributed by atoms with Gasteiger partial charge in [0.25, 0.3) is 0 Å². The van der Waals surface area contributed by atoms with E-state index >= 15 is 0 Å². The zero-order chi connectivity index (χ0) is 14.8.